The third-order valence-electron chi connectivity index (χ3n) is 1.42. The van der Waals surface area contributed by atoms with E-state index in [9.17, 15) is 14.9 Å². The molecule has 0 N–H and O–H groups in total. The largest absolute Gasteiger partial charge is 0.287 e. The topological polar surface area (TPSA) is 60.2 Å². The lowest BCUT2D eigenvalue weighted by Gasteiger charge is -1.96. The van der Waals surface area contributed by atoms with Gasteiger partial charge >= 0.3 is 0 Å². The lowest BCUT2D eigenvalue weighted by Crippen LogP contribution is -2.13. The van der Waals surface area contributed by atoms with Crippen molar-refractivity contribution in [1.82, 2.24) is 0 Å². The molecule has 0 unspecified atom stereocenters. The highest BCUT2D eigenvalue weighted by Gasteiger charge is 2.11. The first-order chi connectivity index (χ1) is 6.09. The molecule has 5 heteroatoms. The van der Waals surface area contributed by atoms with Crippen LogP contribution in [0.2, 0.25) is 5.02 Å². The molecule has 0 atom stereocenters. The Morgan fingerprint density at radius 3 is 2.77 bits per heavy atom. The minimum Gasteiger partial charge on any atom is -0.287 e. The summed E-state index contributed by atoms with van der Waals surface area (Å²) in [6.07, 6.45) is 0. The molecule has 1 aromatic rings. The molecular formula is C8H6ClNO3. The van der Waals surface area contributed by atoms with Gasteiger partial charge in [0.05, 0.1) is 0 Å². The SMILES string of the molecule is O=C(C[N+](=O)[O-])c1cccc(Cl)c1. The predicted molar refractivity (Wildman–Crippen MR) is 47.6 cm³/mol. The maximum atomic E-state index is 11.1. The standard InChI is InChI=1S/C8H6ClNO3/c9-7-3-1-2-6(4-7)8(11)5-10(12)13/h1-4H,5H2. The molecule has 0 saturated carbocycles. The second-order valence-electron chi connectivity index (χ2n) is 2.42. The molecule has 0 saturated heterocycles. The summed E-state index contributed by atoms with van der Waals surface area (Å²) in [7, 11) is 0. The van der Waals surface area contributed by atoms with Gasteiger partial charge in [0.2, 0.25) is 5.78 Å². The van der Waals surface area contributed by atoms with Gasteiger partial charge < -0.3 is 0 Å². The number of rotatable bonds is 3. The Labute approximate surface area is 79.3 Å². The van der Waals surface area contributed by atoms with Crippen LogP contribution in [0.4, 0.5) is 0 Å². The van der Waals surface area contributed by atoms with Crippen LogP contribution < -0.4 is 0 Å². The Kier molecular flexibility index (Phi) is 2.97. The van der Waals surface area contributed by atoms with Gasteiger partial charge in [0, 0.05) is 15.5 Å². The van der Waals surface area contributed by atoms with Crippen LogP contribution in [0.25, 0.3) is 0 Å². The van der Waals surface area contributed by atoms with Crippen LogP contribution in [0.5, 0.6) is 0 Å². The molecule has 0 aliphatic rings. The zero-order valence-corrected chi connectivity index (χ0v) is 7.32. The summed E-state index contributed by atoms with van der Waals surface area (Å²) in [5.74, 6) is -0.535. The summed E-state index contributed by atoms with van der Waals surface area (Å²) in [4.78, 5) is 20.5. The fourth-order valence-electron chi connectivity index (χ4n) is 0.870. The number of carbonyl (C=O) groups excluding carboxylic acids is 1. The molecule has 0 radical (unpaired) electrons. The normalized spacial score (nSPS) is 9.62. The second-order valence-corrected chi connectivity index (χ2v) is 2.86. The van der Waals surface area contributed by atoms with Crippen molar-refractivity contribution in [2.24, 2.45) is 0 Å². The zero-order valence-electron chi connectivity index (χ0n) is 6.57. The molecule has 1 rings (SSSR count). The maximum absolute atomic E-state index is 11.1. The van der Waals surface area contributed by atoms with Crippen LogP contribution in [0.1, 0.15) is 10.4 Å². The average Bonchev–Trinajstić information content (AvgIpc) is 2.03. The van der Waals surface area contributed by atoms with E-state index in [0.29, 0.717) is 5.02 Å². The van der Waals surface area contributed by atoms with Crippen LogP contribution >= 0.6 is 11.6 Å². The summed E-state index contributed by atoms with van der Waals surface area (Å²) in [6.45, 7) is -0.694. The van der Waals surface area contributed by atoms with Crippen LogP contribution in [0, 0.1) is 10.1 Å². The van der Waals surface area contributed by atoms with Gasteiger partial charge in [-0.2, -0.15) is 0 Å². The molecule has 0 aliphatic carbocycles. The van der Waals surface area contributed by atoms with Gasteiger partial charge in [0.15, 0.2) is 0 Å². The summed E-state index contributed by atoms with van der Waals surface area (Å²) < 4.78 is 0. The van der Waals surface area contributed by atoms with Crippen molar-refractivity contribution in [2.45, 2.75) is 0 Å². The number of hydrogen-bond donors (Lipinski definition) is 0. The first-order valence-electron chi connectivity index (χ1n) is 3.50. The van der Waals surface area contributed by atoms with Crippen molar-refractivity contribution in [3.05, 3.63) is 45.0 Å². The van der Waals surface area contributed by atoms with Gasteiger partial charge in [-0.25, -0.2) is 0 Å². The Morgan fingerprint density at radius 2 is 2.23 bits per heavy atom. The number of carbonyl (C=O) groups is 1. The molecule has 68 valence electrons. The molecule has 1 aromatic carbocycles. The van der Waals surface area contributed by atoms with E-state index < -0.39 is 17.3 Å². The van der Waals surface area contributed by atoms with E-state index in [1.165, 1.54) is 12.1 Å². The van der Waals surface area contributed by atoms with Crippen molar-refractivity contribution in [1.29, 1.82) is 0 Å². The molecule has 0 aliphatic heterocycles. The highest BCUT2D eigenvalue weighted by Crippen LogP contribution is 2.10. The van der Waals surface area contributed by atoms with Gasteiger partial charge in [0.1, 0.15) is 0 Å². The maximum Gasteiger partial charge on any atom is 0.265 e. The lowest BCUT2D eigenvalue weighted by atomic mass is 10.1. The fraction of sp³-hybridized carbons (Fsp3) is 0.125. The van der Waals surface area contributed by atoms with Gasteiger partial charge in [-0.05, 0) is 12.1 Å². The number of hydrogen-bond acceptors (Lipinski definition) is 3. The minimum atomic E-state index is -0.694. The molecule has 0 heterocycles. The molecule has 0 amide bonds. The van der Waals surface area contributed by atoms with E-state index in [-0.39, 0.29) is 5.56 Å². The quantitative estimate of drug-likeness (QED) is 0.424. The fourth-order valence-corrected chi connectivity index (χ4v) is 1.06. The van der Waals surface area contributed by atoms with E-state index >= 15 is 0 Å². The Bertz CT molecular complexity index is 351. The first-order valence-corrected chi connectivity index (χ1v) is 3.88. The Morgan fingerprint density at radius 1 is 1.54 bits per heavy atom. The van der Waals surface area contributed by atoms with Crippen LogP contribution in [-0.4, -0.2) is 17.3 Å². The third kappa shape index (κ3) is 2.83. The highest BCUT2D eigenvalue weighted by molar-refractivity contribution is 6.31. The van der Waals surface area contributed by atoms with E-state index in [4.69, 9.17) is 11.6 Å². The van der Waals surface area contributed by atoms with Gasteiger partial charge in [-0.3, -0.25) is 14.9 Å². The van der Waals surface area contributed by atoms with E-state index in [2.05, 4.69) is 0 Å². The van der Waals surface area contributed by atoms with E-state index in [1.807, 2.05) is 0 Å². The number of Topliss-reactive ketones (excluding diaryl/α,β-unsaturated/α-hetero) is 1. The molecule has 0 spiro atoms. The molecular weight excluding hydrogens is 194 g/mol. The average molecular weight is 200 g/mol. The van der Waals surface area contributed by atoms with Crippen molar-refractivity contribution in [3.8, 4) is 0 Å². The molecule has 0 aromatic heterocycles. The number of benzene rings is 1. The summed E-state index contributed by atoms with van der Waals surface area (Å²) in [5, 5.41) is 10.4. The van der Waals surface area contributed by atoms with Crippen LogP contribution in [0.15, 0.2) is 24.3 Å². The van der Waals surface area contributed by atoms with Gasteiger partial charge in [-0.15, -0.1) is 0 Å². The lowest BCUT2D eigenvalue weighted by molar-refractivity contribution is -0.465. The highest BCUT2D eigenvalue weighted by atomic mass is 35.5. The smallest absolute Gasteiger partial charge is 0.265 e. The Hall–Kier alpha value is -1.42. The minimum absolute atomic E-state index is 0.268. The molecule has 0 fully saturated rings. The monoisotopic (exact) mass is 199 g/mol. The van der Waals surface area contributed by atoms with Crippen molar-refractivity contribution >= 4 is 17.4 Å². The first kappa shape index (κ1) is 9.67. The summed E-state index contributed by atoms with van der Waals surface area (Å²) in [5.41, 5.74) is 0.268. The van der Waals surface area contributed by atoms with Crippen molar-refractivity contribution in [3.63, 3.8) is 0 Å². The van der Waals surface area contributed by atoms with Crippen molar-refractivity contribution < 1.29 is 9.72 Å². The number of nitrogens with zero attached hydrogens (tertiary/aromatic N) is 1. The molecule has 0 bridgehead atoms. The van der Waals surface area contributed by atoms with Crippen molar-refractivity contribution in [2.75, 3.05) is 6.54 Å². The number of nitro groups is 1. The van der Waals surface area contributed by atoms with Crippen LogP contribution in [-0.2, 0) is 0 Å². The second kappa shape index (κ2) is 4.00. The zero-order chi connectivity index (χ0) is 9.84. The summed E-state index contributed by atoms with van der Waals surface area (Å²) >= 11 is 5.60. The van der Waals surface area contributed by atoms with Crippen LogP contribution in [0.3, 0.4) is 0 Å². The van der Waals surface area contributed by atoms with E-state index in [1.54, 1.807) is 12.1 Å². The summed E-state index contributed by atoms with van der Waals surface area (Å²) in [6, 6.07) is 6.09. The van der Waals surface area contributed by atoms with Gasteiger partial charge in [0.25, 0.3) is 6.54 Å². The predicted octanol–water partition coefficient (Wildman–Crippen LogP) is 1.80. The van der Waals surface area contributed by atoms with Gasteiger partial charge in [-0.1, -0.05) is 23.7 Å². The van der Waals surface area contributed by atoms with E-state index in [0.717, 1.165) is 0 Å². The number of ketones is 1. The third-order valence-corrected chi connectivity index (χ3v) is 1.65. The molecule has 4 nitrogen and oxygen atoms in total. The Balaban J connectivity index is 2.83. The number of halogens is 1. The molecule has 13 heavy (non-hydrogen) atoms.